The standard InChI is InChI=1S/C31H39Cl/c1-2-3-4-5-6-7-26-12-17-30-23-29(19-18-28(30)22-26)27-15-10-24(11-16-27)8-9-25-13-20-31(32)21-14-25/h10-11,13-16,20-21,26,28-30H,2-7,12,17-19,22-23H2,1H3/t26?,28-,29-,30-/m1/s1. The average Bonchev–Trinajstić information content (AvgIpc) is 2.83. The van der Waals surface area contributed by atoms with Crippen LogP contribution in [0.4, 0.5) is 0 Å². The molecule has 2 aliphatic rings. The molecular weight excluding hydrogens is 408 g/mol. The zero-order valence-corrected chi connectivity index (χ0v) is 20.5. The zero-order valence-electron chi connectivity index (χ0n) is 19.8. The van der Waals surface area contributed by atoms with Crippen molar-refractivity contribution in [3.8, 4) is 11.8 Å². The second kappa shape index (κ2) is 12.0. The molecule has 0 spiro atoms. The van der Waals surface area contributed by atoms with Gasteiger partial charge in [0.25, 0.3) is 0 Å². The van der Waals surface area contributed by atoms with Gasteiger partial charge in [0.15, 0.2) is 0 Å². The third kappa shape index (κ3) is 6.65. The van der Waals surface area contributed by atoms with Crippen molar-refractivity contribution < 1.29 is 0 Å². The molecule has 0 amide bonds. The second-order valence-corrected chi connectivity index (χ2v) is 10.7. The first kappa shape index (κ1) is 23.4. The van der Waals surface area contributed by atoms with E-state index in [9.17, 15) is 0 Å². The van der Waals surface area contributed by atoms with Crippen molar-refractivity contribution in [2.24, 2.45) is 17.8 Å². The summed E-state index contributed by atoms with van der Waals surface area (Å²) in [4.78, 5) is 0. The molecule has 32 heavy (non-hydrogen) atoms. The largest absolute Gasteiger partial charge is 0.0843 e. The summed E-state index contributed by atoms with van der Waals surface area (Å²) in [5.41, 5.74) is 3.63. The van der Waals surface area contributed by atoms with E-state index in [0.717, 1.165) is 39.8 Å². The number of fused-ring (bicyclic) bond motifs is 1. The van der Waals surface area contributed by atoms with Gasteiger partial charge in [0.05, 0.1) is 0 Å². The van der Waals surface area contributed by atoms with E-state index in [4.69, 9.17) is 11.6 Å². The highest BCUT2D eigenvalue weighted by molar-refractivity contribution is 6.30. The summed E-state index contributed by atoms with van der Waals surface area (Å²) in [6, 6.07) is 16.8. The molecule has 0 saturated heterocycles. The van der Waals surface area contributed by atoms with Crippen molar-refractivity contribution >= 4 is 11.6 Å². The predicted molar refractivity (Wildman–Crippen MR) is 138 cm³/mol. The maximum Gasteiger partial charge on any atom is 0.0406 e. The van der Waals surface area contributed by atoms with E-state index >= 15 is 0 Å². The lowest BCUT2D eigenvalue weighted by molar-refractivity contribution is 0.113. The SMILES string of the molecule is CCCCCCCC1CC[C@@H]2C[C@H](c3ccc(C#Cc4ccc(Cl)cc4)cc3)CC[C@@H]2C1. The summed E-state index contributed by atoms with van der Waals surface area (Å²) in [6.07, 6.45) is 17.4. The van der Waals surface area contributed by atoms with Crippen molar-refractivity contribution in [1.82, 2.24) is 0 Å². The number of hydrogen-bond donors (Lipinski definition) is 0. The molecule has 2 aromatic carbocycles. The maximum atomic E-state index is 5.96. The number of rotatable bonds is 7. The normalized spacial score (nSPS) is 24.9. The summed E-state index contributed by atoms with van der Waals surface area (Å²) < 4.78 is 0. The topological polar surface area (TPSA) is 0 Å². The number of benzene rings is 2. The highest BCUT2D eigenvalue weighted by atomic mass is 35.5. The van der Waals surface area contributed by atoms with E-state index in [1.165, 1.54) is 82.6 Å². The number of hydrogen-bond acceptors (Lipinski definition) is 0. The van der Waals surface area contributed by atoms with Crippen LogP contribution in [0.1, 0.15) is 107 Å². The van der Waals surface area contributed by atoms with Gasteiger partial charge in [-0.25, -0.2) is 0 Å². The van der Waals surface area contributed by atoms with Crippen molar-refractivity contribution in [1.29, 1.82) is 0 Å². The molecule has 0 radical (unpaired) electrons. The molecule has 0 nitrogen and oxygen atoms in total. The molecule has 1 unspecified atom stereocenters. The van der Waals surface area contributed by atoms with Crippen molar-refractivity contribution in [2.45, 2.75) is 89.9 Å². The Morgan fingerprint density at radius 2 is 1.34 bits per heavy atom. The Balaban J connectivity index is 1.26. The first-order chi connectivity index (χ1) is 15.7. The number of halogens is 1. The third-order valence-corrected chi connectivity index (χ3v) is 8.27. The Morgan fingerprint density at radius 1 is 0.719 bits per heavy atom. The minimum atomic E-state index is 0.750. The van der Waals surface area contributed by atoms with Gasteiger partial charge >= 0.3 is 0 Å². The summed E-state index contributed by atoms with van der Waals surface area (Å²) in [5.74, 6) is 10.3. The van der Waals surface area contributed by atoms with E-state index in [-0.39, 0.29) is 0 Å². The smallest absolute Gasteiger partial charge is 0.0406 e. The van der Waals surface area contributed by atoms with Gasteiger partial charge in [-0.3, -0.25) is 0 Å². The van der Waals surface area contributed by atoms with Crippen LogP contribution in [0.2, 0.25) is 5.02 Å². The molecular formula is C31H39Cl. The molecule has 0 aliphatic heterocycles. The molecule has 0 aromatic heterocycles. The summed E-state index contributed by atoms with van der Waals surface area (Å²) >= 11 is 5.96. The Labute approximate surface area is 201 Å². The number of unbranched alkanes of at least 4 members (excludes halogenated alkanes) is 4. The molecule has 0 bridgehead atoms. The van der Waals surface area contributed by atoms with Gasteiger partial charge in [-0.15, -0.1) is 0 Å². The average molecular weight is 447 g/mol. The maximum absolute atomic E-state index is 5.96. The van der Waals surface area contributed by atoms with Crippen LogP contribution >= 0.6 is 11.6 Å². The summed E-state index contributed by atoms with van der Waals surface area (Å²) in [7, 11) is 0. The fraction of sp³-hybridized carbons (Fsp3) is 0.548. The Bertz CT molecular complexity index is 883. The van der Waals surface area contributed by atoms with Crippen molar-refractivity contribution in [3.05, 3.63) is 70.2 Å². The molecule has 0 N–H and O–H groups in total. The van der Waals surface area contributed by atoms with Crippen LogP contribution in [0.5, 0.6) is 0 Å². The lowest BCUT2D eigenvalue weighted by Gasteiger charge is -2.42. The molecule has 2 saturated carbocycles. The first-order valence-electron chi connectivity index (χ1n) is 13.1. The molecule has 0 heterocycles. The van der Waals surface area contributed by atoms with E-state index in [1.807, 2.05) is 24.3 Å². The second-order valence-electron chi connectivity index (χ2n) is 10.3. The summed E-state index contributed by atoms with van der Waals surface area (Å²) in [5, 5.41) is 0.755. The fourth-order valence-electron chi connectivity index (χ4n) is 6.10. The molecule has 1 heteroatoms. The van der Waals surface area contributed by atoms with Crippen LogP contribution in [-0.4, -0.2) is 0 Å². The fourth-order valence-corrected chi connectivity index (χ4v) is 6.23. The van der Waals surface area contributed by atoms with E-state index < -0.39 is 0 Å². The molecule has 2 aromatic rings. The highest BCUT2D eigenvalue weighted by Gasteiger charge is 2.35. The Morgan fingerprint density at radius 3 is 2.06 bits per heavy atom. The Kier molecular flexibility index (Phi) is 8.76. The molecule has 2 fully saturated rings. The lowest BCUT2D eigenvalue weighted by Crippen LogP contribution is -2.30. The first-order valence-corrected chi connectivity index (χ1v) is 13.5. The van der Waals surface area contributed by atoms with Crippen molar-refractivity contribution in [3.63, 3.8) is 0 Å². The van der Waals surface area contributed by atoms with Gasteiger partial charge in [0.1, 0.15) is 0 Å². The molecule has 2 aliphatic carbocycles. The van der Waals surface area contributed by atoms with E-state index in [1.54, 1.807) is 0 Å². The highest BCUT2D eigenvalue weighted by Crippen LogP contribution is 2.48. The predicted octanol–water partition coefficient (Wildman–Crippen LogP) is 9.40. The Hall–Kier alpha value is -1.71. The quantitative estimate of drug-likeness (QED) is 0.293. The van der Waals surface area contributed by atoms with Crippen LogP contribution in [0, 0.1) is 29.6 Å². The van der Waals surface area contributed by atoms with E-state index in [2.05, 4.69) is 43.0 Å². The zero-order chi connectivity index (χ0) is 22.2. The monoisotopic (exact) mass is 446 g/mol. The third-order valence-electron chi connectivity index (χ3n) is 8.02. The van der Waals surface area contributed by atoms with Gasteiger partial charge in [-0.1, -0.05) is 87.4 Å². The van der Waals surface area contributed by atoms with Gasteiger partial charge in [0.2, 0.25) is 0 Å². The van der Waals surface area contributed by atoms with Crippen LogP contribution < -0.4 is 0 Å². The molecule has 4 rings (SSSR count). The van der Waals surface area contributed by atoms with Crippen LogP contribution in [0.15, 0.2) is 48.5 Å². The van der Waals surface area contributed by atoms with Crippen LogP contribution in [0.25, 0.3) is 0 Å². The summed E-state index contributed by atoms with van der Waals surface area (Å²) in [6.45, 7) is 2.31. The van der Waals surface area contributed by atoms with E-state index in [0.29, 0.717) is 0 Å². The van der Waals surface area contributed by atoms with Crippen LogP contribution in [0.3, 0.4) is 0 Å². The lowest BCUT2D eigenvalue weighted by atomic mass is 9.63. The minimum absolute atomic E-state index is 0.750. The van der Waals surface area contributed by atoms with Gasteiger partial charge in [-0.2, -0.15) is 0 Å². The van der Waals surface area contributed by atoms with Crippen LogP contribution in [-0.2, 0) is 0 Å². The molecule has 4 atom stereocenters. The minimum Gasteiger partial charge on any atom is -0.0843 e. The van der Waals surface area contributed by atoms with Gasteiger partial charge in [-0.05, 0) is 97.7 Å². The van der Waals surface area contributed by atoms with Crippen molar-refractivity contribution in [2.75, 3.05) is 0 Å². The molecule has 170 valence electrons. The van der Waals surface area contributed by atoms with Gasteiger partial charge in [0, 0.05) is 16.1 Å². The van der Waals surface area contributed by atoms with Gasteiger partial charge < -0.3 is 0 Å².